The Morgan fingerprint density at radius 2 is 2.05 bits per heavy atom. The molecule has 1 aromatic carbocycles. The Balaban J connectivity index is 3.06. The number of halogens is 1. The van der Waals surface area contributed by atoms with Gasteiger partial charge in [-0.3, -0.25) is 0 Å². The first-order chi connectivity index (χ1) is 8.86. The van der Waals surface area contributed by atoms with E-state index in [0.717, 1.165) is 0 Å². The van der Waals surface area contributed by atoms with Crippen molar-refractivity contribution in [3.05, 3.63) is 23.5 Å². The Kier molecular flexibility index (Phi) is 5.66. The van der Waals surface area contributed by atoms with E-state index in [4.69, 9.17) is 10.5 Å². The maximum absolute atomic E-state index is 13.9. The zero-order chi connectivity index (χ0) is 14.6. The van der Waals surface area contributed by atoms with Crippen LogP contribution in [0.25, 0.3) is 0 Å². The van der Waals surface area contributed by atoms with Gasteiger partial charge in [-0.1, -0.05) is 20.8 Å². The standard InChI is InChI=1S/C14H20FNO2S/c1-5-18-14(17)10-6-13(11(15)7-12(10)16)19-9(4)8(2)3/h6-9H,5,16H2,1-4H3. The number of hydrogen-bond donors (Lipinski definition) is 1. The molecule has 0 bridgehead atoms. The van der Waals surface area contributed by atoms with Crippen LogP contribution in [0.5, 0.6) is 0 Å². The third kappa shape index (κ3) is 4.13. The predicted molar refractivity (Wildman–Crippen MR) is 76.9 cm³/mol. The summed E-state index contributed by atoms with van der Waals surface area (Å²) in [4.78, 5) is 12.1. The summed E-state index contributed by atoms with van der Waals surface area (Å²) < 4.78 is 18.8. The van der Waals surface area contributed by atoms with Crippen molar-refractivity contribution >= 4 is 23.4 Å². The molecule has 0 saturated carbocycles. The number of hydrogen-bond acceptors (Lipinski definition) is 4. The monoisotopic (exact) mass is 285 g/mol. The molecule has 0 spiro atoms. The van der Waals surface area contributed by atoms with Crippen molar-refractivity contribution in [3.8, 4) is 0 Å². The van der Waals surface area contributed by atoms with E-state index in [-0.39, 0.29) is 23.1 Å². The number of rotatable bonds is 5. The first-order valence-electron chi connectivity index (χ1n) is 6.29. The number of benzene rings is 1. The average molecular weight is 285 g/mol. The van der Waals surface area contributed by atoms with Gasteiger partial charge in [-0.05, 0) is 25.0 Å². The molecule has 1 aromatic rings. The second-order valence-corrected chi connectivity index (χ2v) is 6.08. The molecular weight excluding hydrogens is 265 g/mol. The molecule has 0 fully saturated rings. The van der Waals surface area contributed by atoms with E-state index in [1.165, 1.54) is 23.9 Å². The maximum atomic E-state index is 13.9. The summed E-state index contributed by atoms with van der Waals surface area (Å²) in [6.45, 7) is 8.14. The van der Waals surface area contributed by atoms with E-state index >= 15 is 0 Å². The molecule has 5 heteroatoms. The van der Waals surface area contributed by atoms with Gasteiger partial charge >= 0.3 is 5.97 Å². The molecule has 0 amide bonds. The Morgan fingerprint density at radius 3 is 2.58 bits per heavy atom. The molecule has 0 aliphatic heterocycles. The van der Waals surface area contributed by atoms with Gasteiger partial charge in [0, 0.05) is 15.8 Å². The first kappa shape index (κ1) is 15.8. The fourth-order valence-electron chi connectivity index (χ4n) is 1.38. The van der Waals surface area contributed by atoms with Gasteiger partial charge in [0.05, 0.1) is 12.2 Å². The molecule has 0 aromatic heterocycles. The SMILES string of the molecule is CCOC(=O)c1cc(SC(C)C(C)C)c(F)cc1N. The van der Waals surface area contributed by atoms with Crippen molar-refractivity contribution in [2.75, 3.05) is 12.3 Å². The van der Waals surface area contributed by atoms with Crippen molar-refractivity contribution in [3.63, 3.8) is 0 Å². The number of esters is 1. The Morgan fingerprint density at radius 1 is 1.42 bits per heavy atom. The van der Waals surface area contributed by atoms with Gasteiger partial charge < -0.3 is 10.5 Å². The minimum absolute atomic E-state index is 0.109. The summed E-state index contributed by atoms with van der Waals surface area (Å²) in [6.07, 6.45) is 0. The molecule has 0 aliphatic rings. The van der Waals surface area contributed by atoms with Gasteiger partial charge in [0.15, 0.2) is 0 Å². The van der Waals surface area contributed by atoms with Crippen molar-refractivity contribution in [1.82, 2.24) is 0 Å². The Hall–Kier alpha value is -1.23. The zero-order valence-corrected chi connectivity index (χ0v) is 12.5. The number of carbonyl (C=O) groups excluding carboxylic acids is 1. The number of anilines is 1. The quantitative estimate of drug-likeness (QED) is 0.509. The van der Waals surface area contributed by atoms with Crippen LogP contribution in [-0.2, 0) is 4.74 Å². The van der Waals surface area contributed by atoms with Crippen molar-refractivity contribution < 1.29 is 13.9 Å². The molecule has 19 heavy (non-hydrogen) atoms. The lowest BCUT2D eigenvalue weighted by Gasteiger charge is -2.16. The zero-order valence-electron chi connectivity index (χ0n) is 11.7. The van der Waals surface area contributed by atoms with Crippen LogP contribution in [0.1, 0.15) is 38.1 Å². The van der Waals surface area contributed by atoms with Crippen LogP contribution in [0, 0.1) is 11.7 Å². The topological polar surface area (TPSA) is 52.3 Å². The van der Waals surface area contributed by atoms with Crippen LogP contribution in [0.4, 0.5) is 10.1 Å². The van der Waals surface area contributed by atoms with E-state index in [1.54, 1.807) is 6.92 Å². The van der Waals surface area contributed by atoms with Crippen LogP contribution in [0.2, 0.25) is 0 Å². The molecule has 0 heterocycles. The highest BCUT2D eigenvalue weighted by atomic mass is 32.2. The van der Waals surface area contributed by atoms with Crippen molar-refractivity contribution in [1.29, 1.82) is 0 Å². The molecule has 0 radical (unpaired) electrons. The summed E-state index contributed by atoms with van der Waals surface area (Å²) in [5.74, 6) is -0.505. The second-order valence-electron chi connectivity index (χ2n) is 4.66. The summed E-state index contributed by atoms with van der Waals surface area (Å²) in [7, 11) is 0. The smallest absolute Gasteiger partial charge is 0.340 e. The lowest BCUT2D eigenvalue weighted by atomic mass is 10.1. The summed E-state index contributed by atoms with van der Waals surface area (Å²) >= 11 is 1.40. The van der Waals surface area contributed by atoms with Gasteiger partial charge in [-0.2, -0.15) is 0 Å². The number of thioether (sulfide) groups is 1. The minimum atomic E-state index is -0.515. The fourth-order valence-corrected chi connectivity index (χ4v) is 2.41. The molecular formula is C14H20FNO2S. The van der Waals surface area contributed by atoms with E-state index in [2.05, 4.69) is 13.8 Å². The summed E-state index contributed by atoms with van der Waals surface area (Å²) in [6, 6.07) is 2.66. The second kappa shape index (κ2) is 6.80. The van der Waals surface area contributed by atoms with Crippen molar-refractivity contribution in [2.45, 2.75) is 37.8 Å². The van der Waals surface area contributed by atoms with Crippen LogP contribution in [-0.4, -0.2) is 17.8 Å². The molecule has 0 saturated heterocycles. The highest BCUT2D eigenvalue weighted by Gasteiger charge is 2.18. The van der Waals surface area contributed by atoms with Crippen LogP contribution < -0.4 is 5.73 Å². The molecule has 1 unspecified atom stereocenters. The molecule has 2 N–H and O–H groups in total. The number of ether oxygens (including phenoxy) is 1. The fraction of sp³-hybridized carbons (Fsp3) is 0.500. The third-order valence-electron chi connectivity index (χ3n) is 2.85. The van der Waals surface area contributed by atoms with Gasteiger partial charge in [-0.15, -0.1) is 11.8 Å². The molecule has 1 atom stereocenters. The minimum Gasteiger partial charge on any atom is -0.462 e. The summed E-state index contributed by atoms with van der Waals surface area (Å²) in [5, 5.41) is 0.244. The average Bonchev–Trinajstić information content (AvgIpc) is 2.32. The number of nitrogens with two attached hydrogens (primary N) is 1. The van der Waals surface area contributed by atoms with Crippen molar-refractivity contribution in [2.24, 2.45) is 5.92 Å². The highest BCUT2D eigenvalue weighted by molar-refractivity contribution is 8.00. The first-order valence-corrected chi connectivity index (χ1v) is 7.17. The molecule has 0 aliphatic carbocycles. The van der Waals surface area contributed by atoms with Gasteiger partial charge in [0.2, 0.25) is 0 Å². The van der Waals surface area contributed by atoms with Gasteiger partial charge in [0.1, 0.15) is 5.82 Å². The van der Waals surface area contributed by atoms with Gasteiger partial charge in [-0.25, -0.2) is 9.18 Å². The van der Waals surface area contributed by atoms with E-state index in [1.807, 2.05) is 6.92 Å². The molecule has 1 rings (SSSR count). The number of carbonyl (C=O) groups is 1. The predicted octanol–water partition coefficient (Wildman–Crippen LogP) is 3.72. The largest absolute Gasteiger partial charge is 0.462 e. The molecule has 106 valence electrons. The van der Waals surface area contributed by atoms with E-state index in [0.29, 0.717) is 10.8 Å². The lowest BCUT2D eigenvalue weighted by Crippen LogP contribution is -2.10. The van der Waals surface area contributed by atoms with Crippen LogP contribution in [0.3, 0.4) is 0 Å². The highest BCUT2D eigenvalue weighted by Crippen LogP contribution is 2.32. The van der Waals surface area contributed by atoms with E-state index < -0.39 is 11.8 Å². The normalized spacial score (nSPS) is 12.5. The Labute approximate surface area is 117 Å². The third-order valence-corrected chi connectivity index (χ3v) is 4.33. The molecule has 3 nitrogen and oxygen atoms in total. The maximum Gasteiger partial charge on any atom is 0.340 e. The Bertz CT molecular complexity index is 463. The summed E-state index contributed by atoms with van der Waals surface area (Å²) in [5.41, 5.74) is 5.99. The van der Waals surface area contributed by atoms with Crippen LogP contribution >= 0.6 is 11.8 Å². The van der Waals surface area contributed by atoms with Gasteiger partial charge in [0.25, 0.3) is 0 Å². The lowest BCUT2D eigenvalue weighted by molar-refractivity contribution is 0.0527. The van der Waals surface area contributed by atoms with Crippen LogP contribution in [0.15, 0.2) is 17.0 Å². The van der Waals surface area contributed by atoms with E-state index in [9.17, 15) is 9.18 Å². The number of nitrogen functional groups attached to an aromatic ring is 1.